The summed E-state index contributed by atoms with van der Waals surface area (Å²) < 4.78 is 20.9. The number of amides is 2. The first kappa shape index (κ1) is 24.4. The van der Waals surface area contributed by atoms with Crippen molar-refractivity contribution < 1.29 is 28.2 Å². The molecule has 0 bridgehead atoms. The quantitative estimate of drug-likeness (QED) is 0.331. The van der Waals surface area contributed by atoms with Crippen molar-refractivity contribution in [3.63, 3.8) is 0 Å². The van der Waals surface area contributed by atoms with Crippen LogP contribution in [-0.2, 0) is 11.2 Å². The first-order valence-electron chi connectivity index (χ1n) is 10.7. The second-order valence-electron chi connectivity index (χ2n) is 7.30. The third kappa shape index (κ3) is 6.65. The van der Waals surface area contributed by atoms with E-state index in [0.717, 1.165) is 24.2 Å². The predicted molar refractivity (Wildman–Crippen MR) is 128 cm³/mol. The number of hydrogen-bond acceptors (Lipinski definition) is 6. The highest BCUT2D eigenvalue weighted by Gasteiger charge is 2.17. The standard InChI is InChI=1S/C26H28N2O6/c1-31-20-11-8-18(9-12-20)6-4-14-27-26(30)22(17-21-7-5-15-34-21)28-25(29)19-10-13-23(32-2)24(16-19)33-3/h5,7-13,15-17H,4,6,14H2,1-3H3,(H,27,30)(H,28,29)/b22-17-. The van der Waals surface area contributed by atoms with Gasteiger partial charge in [0.15, 0.2) is 11.5 Å². The van der Waals surface area contributed by atoms with Crippen LogP contribution in [0.5, 0.6) is 17.2 Å². The maximum Gasteiger partial charge on any atom is 0.267 e. The van der Waals surface area contributed by atoms with Crippen LogP contribution in [-0.4, -0.2) is 39.7 Å². The van der Waals surface area contributed by atoms with Crippen LogP contribution < -0.4 is 24.8 Å². The van der Waals surface area contributed by atoms with E-state index >= 15 is 0 Å². The van der Waals surface area contributed by atoms with Crippen molar-refractivity contribution in [2.75, 3.05) is 27.9 Å². The average molecular weight is 465 g/mol. The summed E-state index contributed by atoms with van der Waals surface area (Å²) in [6.07, 6.45) is 4.50. The third-order valence-electron chi connectivity index (χ3n) is 5.06. The minimum Gasteiger partial charge on any atom is -0.497 e. The van der Waals surface area contributed by atoms with Gasteiger partial charge in [-0.2, -0.15) is 0 Å². The van der Waals surface area contributed by atoms with Gasteiger partial charge >= 0.3 is 0 Å². The predicted octanol–water partition coefficient (Wildman–Crippen LogP) is 3.83. The van der Waals surface area contributed by atoms with E-state index in [9.17, 15) is 9.59 Å². The third-order valence-corrected chi connectivity index (χ3v) is 5.06. The number of benzene rings is 2. The summed E-state index contributed by atoms with van der Waals surface area (Å²) >= 11 is 0. The fourth-order valence-corrected chi connectivity index (χ4v) is 3.23. The molecule has 3 rings (SSSR count). The minimum absolute atomic E-state index is 0.0687. The lowest BCUT2D eigenvalue weighted by Crippen LogP contribution is -2.35. The molecule has 0 radical (unpaired) electrons. The zero-order chi connectivity index (χ0) is 24.3. The monoisotopic (exact) mass is 464 g/mol. The molecule has 34 heavy (non-hydrogen) atoms. The first-order valence-corrected chi connectivity index (χ1v) is 10.7. The summed E-state index contributed by atoms with van der Waals surface area (Å²) in [6, 6.07) is 16.0. The lowest BCUT2D eigenvalue weighted by atomic mass is 10.1. The van der Waals surface area contributed by atoms with E-state index in [1.165, 1.54) is 26.6 Å². The Morgan fingerprint density at radius 2 is 1.71 bits per heavy atom. The summed E-state index contributed by atoms with van der Waals surface area (Å²) in [5.74, 6) is 1.27. The SMILES string of the molecule is COc1ccc(CCCNC(=O)/C(=C/c2ccco2)NC(=O)c2ccc(OC)c(OC)c2)cc1. The average Bonchev–Trinajstić information content (AvgIpc) is 3.39. The van der Waals surface area contributed by atoms with Crippen LogP contribution in [0.4, 0.5) is 0 Å². The molecule has 0 aliphatic carbocycles. The molecule has 0 saturated carbocycles. The summed E-state index contributed by atoms with van der Waals surface area (Å²) in [5, 5.41) is 5.52. The van der Waals surface area contributed by atoms with Crippen LogP contribution in [0.25, 0.3) is 6.08 Å². The molecule has 3 aromatic rings. The molecule has 0 atom stereocenters. The maximum absolute atomic E-state index is 12.9. The summed E-state index contributed by atoms with van der Waals surface area (Å²) in [5.41, 5.74) is 1.53. The lowest BCUT2D eigenvalue weighted by molar-refractivity contribution is -0.117. The van der Waals surface area contributed by atoms with Crippen LogP contribution in [0.1, 0.15) is 28.1 Å². The van der Waals surface area contributed by atoms with Gasteiger partial charge in [0, 0.05) is 18.2 Å². The smallest absolute Gasteiger partial charge is 0.267 e. The van der Waals surface area contributed by atoms with Crippen molar-refractivity contribution in [3.05, 3.63) is 83.4 Å². The zero-order valence-electron chi connectivity index (χ0n) is 19.4. The normalized spacial score (nSPS) is 11.0. The van der Waals surface area contributed by atoms with Crippen LogP contribution in [0.2, 0.25) is 0 Å². The van der Waals surface area contributed by atoms with Gasteiger partial charge in [0.25, 0.3) is 11.8 Å². The van der Waals surface area contributed by atoms with Crippen molar-refractivity contribution in [2.24, 2.45) is 0 Å². The minimum atomic E-state index is -0.466. The number of aryl methyl sites for hydroxylation is 1. The summed E-state index contributed by atoms with van der Waals surface area (Å²) in [7, 11) is 4.63. The molecule has 0 fully saturated rings. The van der Waals surface area contributed by atoms with E-state index in [-0.39, 0.29) is 5.70 Å². The Bertz CT molecular complexity index is 1120. The molecule has 8 heteroatoms. The molecule has 2 aromatic carbocycles. The van der Waals surface area contributed by atoms with Gasteiger partial charge in [0.2, 0.25) is 0 Å². The fraction of sp³-hybridized carbons (Fsp3) is 0.231. The first-order chi connectivity index (χ1) is 16.5. The maximum atomic E-state index is 12.9. The van der Waals surface area contributed by atoms with Crippen LogP contribution in [0.15, 0.2) is 71.0 Å². The van der Waals surface area contributed by atoms with E-state index in [4.69, 9.17) is 18.6 Å². The van der Waals surface area contributed by atoms with Gasteiger partial charge in [-0.3, -0.25) is 9.59 Å². The molecule has 0 spiro atoms. The van der Waals surface area contributed by atoms with Gasteiger partial charge in [-0.1, -0.05) is 12.1 Å². The Balaban J connectivity index is 1.64. The highest BCUT2D eigenvalue weighted by atomic mass is 16.5. The molecule has 0 aliphatic rings. The van der Waals surface area contributed by atoms with Gasteiger partial charge in [-0.05, 0) is 60.9 Å². The topological polar surface area (TPSA) is 99.0 Å². The molecule has 0 unspecified atom stereocenters. The Hall–Kier alpha value is -4.20. The highest BCUT2D eigenvalue weighted by molar-refractivity contribution is 6.05. The van der Waals surface area contributed by atoms with Crippen molar-refractivity contribution >= 4 is 17.9 Å². The van der Waals surface area contributed by atoms with E-state index in [1.807, 2.05) is 24.3 Å². The summed E-state index contributed by atoms with van der Waals surface area (Å²) in [4.78, 5) is 25.7. The number of rotatable bonds is 11. The second kappa shape index (κ2) is 12.2. The number of nitrogens with one attached hydrogen (secondary N) is 2. The largest absolute Gasteiger partial charge is 0.497 e. The molecular weight excluding hydrogens is 436 g/mol. The Morgan fingerprint density at radius 3 is 2.35 bits per heavy atom. The molecule has 1 heterocycles. The zero-order valence-corrected chi connectivity index (χ0v) is 19.4. The molecule has 1 aromatic heterocycles. The van der Waals surface area contributed by atoms with Crippen LogP contribution in [0.3, 0.4) is 0 Å². The van der Waals surface area contributed by atoms with Crippen molar-refractivity contribution in [3.8, 4) is 17.2 Å². The summed E-state index contributed by atoms with van der Waals surface area (Å²) in [6.45, 7) is 0.437. The van der Waals surface area contributed by atoms with Gasteiger partial charge in [0.1, 0.15) is 17.2 Å². The number of carbonyl (C=O) groups excluding carboxylic acids is 2. The van der Waals surface area contributed by atoms with E-state index < -0.39 is 11.8 Å². The highest BCUT2D eigenvalue weighted by Crippen LogP contribution is 2.27. The van der Waals surface area contributed by atoms with Crippen molar-refractivity contribution in [2.45, 2.75) is 12.8 Å². The molecule has 2 N–H and O–H groups in total. The second-order valence-corrected chi connectivity index (χ2v) is 7.30. The lowest BCUT2D eigenvalue weighted by Gasteiger charge is -2.12. The van der Waals surface area contributed by atoms with Crippen molar-refractivity contribution in [1.29, 1.82) is 0 Å². The number of carbonyl (C=O) groups is 2. The number of furan rings is 1. The van der Waals surface area contributed by atoms with E-state index in [0.29, 0.717) is 29.4 Å². The van der Waals surface area contributed by atoms with E-state index in [2.05, 4.69) is 10.6 Å². The van der Waals surface area contributed by atoms with E-state index in [1.54, 1.807) is 37.4 Å². The Morgan fingerprint density at radius 1 is 0.941 bits per heavy atom. The Labute approximate surface area is 198 Å². The molecule has 178 valence electrons. The molecule has 2 amide bonds. The number of ether oxygens (including phenoxy) is 3. The molecular formula is C26H28N2O6. The van der Waals surface area contributed by atoms with Crippen molar-refractivity contribution in [1.82, 2.24) is 10.6 Å². The molecule has 0 saturated heterocycles. The van der Waals surface area contributed by atoms with Gasteiger partial charge in [-0.25, -0.2) is 0 Å². The number of hydrogen-bond donors (Lipinski definition) is 2. The molecule has 0 aliphatic heterocycles. The van der Waals surface area contributed by atoms with Crippen LogP contribution >= 0.6 is 0 Å². The van der Waals surface area contributed by atoms with Gasteiger partial charge < -0.3 is 29.3 Å². The Kier molecular flexibility index (Phi) is 8.73. The fourth-order valence-electron chi connectivity index (χ4n) is 3.23. The molecule has 8 nitrogen and oxygen atoms in total. The van der Waals surface area contributed by atoms with Gasteiger partial charge in [0.05, 0.1) is 27.6 Å². The van der Waals surface area contributed by atoms with Gasteiger partial charge in [-0.15, -0.1) is 0 Å². The van der Waals surface area contributed by atoms with Crippen LogP contribution in [0, 0.1) is 0 Å². The number of methoxy groups -OCH3 is 3.